The van der Waals surface area contributed by atoms with E-state index in [1.165, 1.54) is 0 Å². The van der Waals surface area contributed by atoms with Gasteiger partial charge in [0.15, 0.2) is 10.9 Å². The molecule has 4 heteroatoms. The van der Waals surface area contributed by atoms with E-state index in [0.717, 1.165) is 11.3 Å². The minimum Gasteiger partial charge on any atom is -0.504 e. The molecule has 1 aromatic rings. The lowest BCUT2D eigenvalue weighted by molar-refractivity contribution is 0.277. The number of nitrogens with zero attached hydrogens (tertiary/aromatic N) is 1. The molecule has 78 valence electrons. The van der Waals surface area contributed by atoms with E-state index >= 15 is 0 Å². The van der Waals surface area contributed by atoms with Crippen molar-refractivity contribution in [1.29, 1.82) is 0 Å². The lowest BCUT2D eigenvalue weighted by Gasteiger charge is -2.13. The summed E-state index contributed by atoms with van der Waals surface area (Å²) in [5, 5.41) is 18.6. The van der Waals surface area contributed by atoms with Gasteiger partial charge in [-0.1, -0.05) is 18.5 Å². The summed E-state index contributed by atoms with van der Waals surface area (Å²) >= 11 is 5.74. The molecular formula is C10H14ClNO2. The fourth-order valence-electron chi connectivity index (χ4n) is 1.38. The maximum Gasteiger partial charge on any atom is 0.171 e. The van der Waals surface area contributed by atoms with E-state index in [1.807, 2.05) is 13.8 Å². The highest BCUT2D eigenvalue weighted by atomic mass is 35.5. The molecule has 14 heavy (non-hydrogen) atoms. The Labute approximate surface area is 88.4 Å². The van der Waals surface area contributed by atoms with Crippen molar-refractivity contribution in [3.8, 4) is 5.75 Å². The highest BCUT2D eigenvalue weighted by molar-refractivity contribution is 6.30. The molecule has 1 unspecified atom stereocenters. The van der Waals surface area contributed by atoms with Gasteiger partial charge in [-0.15, -0.1) is 0 Å². The smallest absolute Gasteiger partial charge is 0.171 e. The summed E-state index contributed by atoms with van der Waals surface area (Å²) in [5.41, 5.74) is 1.52. The van der Waals surface area contributed by atoms with Crippen LogP contribution < -0.4 is 0 Å². The zero-order valence-electron chi connectivity index (χ0n) is 8.29. The molecule has 0 aliphatic heterocycles. The molecule has 1 atom stereocenters. The van der Waals surface area contributed by atoms with Crippen molar-refractivity contribution in [2.24, 2.45) is 0 Å². The molecule has 1 heterocycles. The van der Waals surface area contributed by atoms with Gasteiger partial charge in [0.05, 0.1) is 0 Å². The van der Waals surface area contributed by atoms with Gasteiger partial charge in [0.1, 0.15) is 0 Å². The maximum absolute atomic E-state index is 9.64. The van der Waals surface area contributed by atoms with Crippen LogP contribution in [0.1, 0.15) is 30.5 Å². The summed E-state index contributed by atoms with van der Waals surface area (Å²) in [5.74, 6) is 0.109. The van der Waals surface area contributed by atoms with Crippen molar-refractivity contribution in [2.75, 3.05) is 6.61 Å². The molecule has 1 aromatic heterocycles. The number of halogens is 1. The zero-order valence-corrected chi connectivity index (χ0v) is 9.04. The molecule has 0 aliphatic rings. The Bertz CT molecular complexity index is 328. The van der Waals surface area contributed by atoms with Crippen LogP contribution in [-0.4, -0.2) is 21.8 Å². The van der Waals surface area contributed by atoms with Gasteiger partial charge in [-0.05, 0) is 25.3 Å². The molecule has 0 amide bonds. The minimum atomic E-state index is 0.0261. The Hall–Kier alpha value is -0.800. The second-order valence-electron chi connectivity index (χ2n) is 3.41. The number of hydrogen-bond acceptors (Lipinski definition) is 3. The molecule has 0 radical (unpaired) electrons. The summed E-state index contributed by atoms with van der Waals surface area (Å²) < 4.78 is 0. The standard InChI is InChI=1S/C10H14ClNO2/c1-6(3-4-13)8-5-7(2)12-10(11)9(8)14/h5-6,13-14H,3-4H2,1-2H3. The van der Waals surface area contributed by atoms with Gasteiger partial charge in [-0.2, -0.15) is 0 Å². The minimum absolute atomic E-state index is 0.0261. The van der Waals surface area contributed by atoms with Crippen LogP contribution in [0.15, 0.2) is 6.07 Å². The number of aliphatic hydroxyl groups is 1. The Kier molecular flexibility index (Phi) is 3.72. The number of aliphatic hydroxyl groups excluding tert-OH is 1. The van der Waals surface area contributed by atoms with Crippen LogP contribution in [0.3, 0.4) is 0 Å². The Morgan fingerprint density at radius 3 is 2.79 bits per heavy atom. The van der Waals surface area contributed by atoms with E-state index in [4.69, 9.17) is 16.7 Å². The normalized spacial score (nSPS) is 12.9. The fourth-order valence-corrected chi connectivity index (χ4v) is 1.62. The topological polar surface area (TPSA) is 53.4 Å². The third-order valence-electron chi connectivity index (χ3n) is 2.20. The number of pyridine rings is 1. The molecule has 0 spiro atoms. The molecule has 3 nitrogen and oxygen atoms in total. The first-order chi connectivity index (χ1) is 6.56. The monoisotopic (exact) mass is 215 g/mol. The molecule has 0 fully saturated rings. The second kappa shape index (κ2) is 4.62. The highest BCUT2D eigenvalue weighted by Crippen LogP contribution is 2.33. The molecule has 0 saturated heterocycles. The van der Waals surface area contributed by atoms with Crippen molar-refractivity contribution >= 4 is 11.6 Å². The highest BCUT2D eigenvalue weighted by Gasteiger charge is 2.14. The van der Waals surface area contributed by atoms with E-state index in [0.29, 0.717) is 6.42 Å². The van der Waals surface area contributed by atoms with Gasteiger partial charge < -0.3 is 10.2 Å². The fraction of sp³-hybridized carbons (Fsp3) is 0.500. The van der Waals surface area contributed by atoms with E-state index in [1.54, 1.807) is 6.07 Å². The van der Waals surface area contributed by atoms with Crippen molar-refractivity contribution in [3.05, 3.63) is 22.5 Å². The molecule has 0 saturated carbocycles. The molecule has 0 bridgehead atoms. The number of aryl methyl sites for hydroxylation is 1. The summed E-state index contributed by atoms with van der Waals surface area (Å²) in [6.07, 6.45) is 0.605. The quantitative estimate of drug-likeness (QED) is 0.761. The van der Waals surface area contributed by atoms with E-state index in [2.05, 4.69) is 4.98 Å². The first-order valence-electron chi connectivity index (χ1n) is 4.53. The Morgan fingerprint density at radius 1 is 1.57 bits per heavy atom. The van der Waals surface area contributed by atoms with Crippen molar-refractivity contribution < 1.29 is 10.2 Å². The molecular weight excluding hydrogens is 202 g/mol. The zero-order chi connectivity index (χ0) is 10.7. The SMILES string of the molecule is Cc1cc(C(C)CCO)c(O)c(Cl)n1. The third-order valence-corrected chi connectivity index (χ3v) is 2.46. The second-order valence-corrected chi connectivity index (χ2v) is 3.76. The first-order valence-corrected chi connectivity index (χ1v) is 4.91. The largest absolute Gasteiger partial charge is 0.504 e. The molecule has 2 N–H and O–H groups in total. The number of rotatable bonds is 3. The van der Waals surface area contributed by atoms with Crippen molar-refractivity contribution in [2.45, 2.75) is 26.2 Å². The van der Waals surface area contributed by atoms with Crippen molar-refractivity contribution in [1.82, 2.24) is 4.98 Å². The maximum atomic E-state index is 9.64. The van der Waals surface area contributed by atoms with E-state index in [9.17, 15) is 5.11 Å². The Balaban J connectivity index is 3.07. The predicted molar refractivity (Wildman–Crippen MR) is 55.8 cm³/mol. The van der Waals surface area contributed by atoms with Gasteiger partial charge in [-0.25, -0.2) is 4.98 Å². The van der Waals surface area contributed by atoms with Gasteiger partial charge >= 0.3 is 0 Å². The summed E-state index contributed by atoms with van der Waals surface area (Å²) in [4.78, 5) is 3.93. The summed E-state index contributed by atoms with van der Waals surface area (Å²) in [6.45, 7) is 3.85. The average Bonchev–Trinajstić information content (AvgIpc) is 2.11. The van der Waals surface area contributed by atoms with Gasteiger partial charge in [0.2, 0.25) is 0 Å². The average molecular weight is 216 g/mol. The summed E-state index contributed by atoms with van der Waals surface area (Å²) in [7, 11) is 0. The van der Waals surface area contributed by atoms with Crippen LogP contribution in [0.25, 0.3) is 0 Å². The molecule has 0 aliphatic carbocycles. The van der Waals surface area contributed by atoms with Crippen LogP contribution in [-0.2, 0) is 0 Å². The first kappa shape index (κ1) is 11.3. The van der Waals surface area contributed by atoms with Crippen LogP contribution in [0.4, 0.5) is 0 Å². The lowest BCUT2D eigenvalue weighted by Crippen LogP contribution is -1.99. The molecule has 1 rings (SSSR count). The van der Waals surface area contributed by atoms with Gasteiger partial charge in [0, 0.05) is 17.9 Å². The molecule has 0 aromatic carbocycles. The van der Waals surface area contributed by atoms with Gasteiger partial charge in [-0.3, -0.25) is 0 Å². The lowest BCUT2D eigenvalue weighted by atomic mass is 9.98. The number of aromatic hydroxyl groups is 1. The van der Waals surface area contributed by atoms with Crippen LogP contribution in [0, 0.1) is 6.92 Å². The van der Waals surface area contributed by atoms with Crippen molar-refractivity contribution in [3.63, 3.8) is 0 Å². The summed E-state index contributed by atoms with van der Waals surface area (Å²) in [6, 6.07) is 1.79. The van der Waals surface area contributed by atoms with E-state index < -0.39 is 0 Å². The third kappa shape index (κ3) is 2.36. The van der Waals surface area contributed by atoms with Gasteiger partial charge in [0.25, 0.3) is 0 Å². The number of hydrogen-bond donors (Lipinski definition) is 2. The van der Waals surface area contributed by atoms with E-state index in [-0.39, 0.29) is 23.4 Å². The Morgan fingerprint density at radius 2 is 2.21 bits per heavy atom. The predicted octanol–water partition coefficient (Wildman–Crippen LogP) is 2.23. The van der Waals surface area contributed by atoms with Crippen LogP contribution in [0.5, 0.6) is 5.75 Å². The number of aromatic nitrogens is 1. The van der Waals surface area contributed by atoms with Crippen LogP contribution >= 0.6 is 11.6 Å². The van der Waals surface area contributed by atoms with Crippen LogP contribution in [0.2, 0.25) is 5.15 Å².